The van der Waals surface area contributed by atoms with Crippen molar-refractivity contribution in [1.82, 2.24) is 0 Å². The summed E-state index contributed by atoms with van der Waals surface area (Å²) in [6.07, 6.45) is 36.6. The Morgan fingerprint density at radius 2 is 1.12 bits per heavy atom. The van der Waals surface area contributed by atoms with Gasteiger partial charge in [-0.2, -0.15) is 0 Å². The maximum Gasteiger partial charge on any atom is 0.305 e. The SMILES string of the molecule is CCCCCCCCCCCCCC(=O)OC[C@@H](O)COC(=O)CCC/C=C\C/C=C\C/C=C\CC1OC1CCCCC. The van der Waals surface area contributed by atoms with Crippen LogP contribution in [0, 0.1) is 0 Å². The Morgan fingerprint density at radius 3 is 1.72 bits per heavy atom. The molecule has 0 aromatic rings. The van der Waals surface area contributed by atoms with E-state index in [-0.39, 0.29) is 25.2 Å². The molecule has 0 radical (unpaired) electrons. The van der Waals surface area contributed by atoms with Gasteiger partial charge in [0.05, 0.1) is 12.2 Å². The van der Waals surface area contributed by atoms with Gasteiger partial charge >= 0.3 is 11.9 Å². The van der Waals surface area contributed by atoms with Gasteiger partial charge in [0.25, 0.3) is 0 Å². The molecule has 1 fully saturated rings. The van der Waals surface area contributed by atoms with Crippen LogP contribution in [0.15, 0.2) is 36.5 Å². The van der Waals surface area contributed by atoms with E-state index in [4.69, 9.17) is 14.2 Å². The Labute approximate surface area is 263 Å². The first-order valence-electron chi connectivity index (χ1n) is 17.7. The van der Waals surface area contributed by atoms with Crippen LogP contribution >= 0.6 is 0 Å². The third-order valence-electron chi connectivity index (χ3n) is 7.80. The largest absolute Gasteiger partial charge is 0.463 e. The molecule has 1 N–H and O–H groups in total. The van der Waals surface area contributed by atoms with Crippen molar-refractivity contribution >= 4 is 11.9 Å². The van der Waals surface area contributed by atoms with Crippen LogP contribution in [-0.2, 0) is 23.8 Å². The molecule has 1 heterocycles. The number of hydrogen-bond donors (Lipinski definition) is 1. The summed E-state index contributed by atoms with van der Waals surface area (Å²) in [7, 11) is 0. The highest BCUT2D eigenvalue weighted by Gasteiger charge is 2.36. The average molecular weight is 605 g/mol. The van der Waals surface area contributed by atoms with Crippen molar-refractivity contribution < 1.29 is 28.9 Å². The summed E-state index contributed by atoms with van der Waals surface area (Å²) in [4.78, 5) is 23.8. The number of allylic oxidation sites excluding steroid dienone is 5. The predicted molar refractivity (Wildman–Crippen MR) is 177 cm³/mol. The monoisotopic (exact) mass is 604 g/mol. The quantitative estimate of drug-likeness (QED) is 0.0380. The molecule has 0 saturated carbocycles. The fraction of sp³-hybridized carbons (Fsp3) is 0.784. The first-order chi connectivity index (χ1) is 21.1. The molecule has 0 amide bonds. The molecule has 0 aromatic carbocycles. The minimum atomic E-state index is -0.985. The Hall–Kier alpha value is -1.92. The first-order valence-corrected chi connectivity index (χ1v) is 17.7. The molecule has 2 unspecified atom stereocenters. The standard InChI is InChI=1S/C37H64O6/c1-3-5-7-8-9-10-11-15-18-21-25-29-36(39)41-31-33(38)32-42-37(40)30-26-22-19-16-13-12-14-17-20-24-28-35-34(43-35)27-23-6-4-2/h12,14,16,19-20,24,33-35,38H,3-11,13,15,17-18,21-23,25-32H2,1-2H3/b14-12-,19-16-,24-20-/t33-,34?,35?/m1/s1. The summed E-state index contributed by atoms with van der Waals surface area (Å²) in [6.45, 7) is 4.20. The van der Waals surface area contributed by atoms with Crippen LogP contribution in [0.1, 0.15) is 155 Å². The predicted octanol–water partition coefficient (Wildman–Crippen LogP) is 9.49. The minimum Gasteiger partial charge on any atom is -0.463 e. The van der Waals surface area contributed by atoms with E-state index in [0.717, 1.165) is 44.9 Å². The van der Waals surface area contributed by atoms with Crippen molar-refractivity contribution in [2.45, 2.75) is 173 Å². The van der Waals surface area contributed by atoms with Crippen LogP contribution in [0.3, 0.4) is 0 Å². The van der Waals surface area contributed by atoms with Crippen molar-refractivity contribution in [2.75, 3.05) is 13.2 Å². The molecule has 43 heavy (non-hydrogen) atoms. The van der Waals surface area contributed by atoms with Crippen molar-refractivity contribution in [3.63, 3.8) is 0 Å². The van der Waals surface area contributed by atoms with Crippen molar-refractivity contribution in [3.05, 3.63) is 36.5 Å². The molecule has 1 rings (SSSR count). The van der Waals surface area contributed by atoms with Gasteiger partial charge in [-0.1, -0.05) is 134 Å². The zero-order valence-corrected chi connectivity index (χ0v) is 27.7. The molecule has 1 aliphatic rings. The summed E-state index contributed by atoms with van der Waals surface area (Å²) >= 11 is 0. The zero-order valence-electron chi connectivity index (χ0n) is 27.7. The molecule has 0 spiro atoms. The number of aliphatic hydroxyl groups excluding tert-OH is 1. The molecule has 1 saturated heterocycles. The third kappa shape index (κ3) is 26.2. The van der Waals surface area contributed by atoms with Gasteiger partial charge in [-0.25, -0.2) is 0 Å². The second kappa shape index (κ2) is 28.8. The van der Waals surface area contributed by atoms with Crippen LogP contribution in [0.25, 0.3) is 0 Å². The lowest BCUT2D eigenvalue weighted by molar-refractivity contribution is -0.152. The second-order valence-corrected chi connectivity index (χ2v) is 12.0. The fourth-order valence-electron chi connectivity index (χ4n) is 4.99. The maximum atomic E-state index is 11.9. The molecule has 6 heteroatoms. The Bertz CT molecular complexity index is 758. The van der Waals surface area contributed by atoms with Crippen molar-refractivity contribution in [3.8, 4) is 0 Å². The highest BCUT2D eigenvalue weighted by atomic mass is 16.6. The summed E-state index contributed by atoms with van der Waals surface area (Å²) in [5.41, 5.74) is 0. The van der Waals surface area contributed by atoms with Gasteiger partial charge in [0.1, 0.15) is 19.3 Å². The Kier molecular flexibility index (Phi) is 26.2. The smallest absolute Gasteiger partial charge is 0.305 e. The van der Waals surface area contributed by atoms with Crippen LogP contribution in [-0.4, -0.2) is 48.6 Å². The molecule has 0 aliphatic carbocycles. The lowest BCUT2D eigenvalue weighted by Gasteiger charge is -2.12. The van der Waals surface area contributed by atoms with Crippen molar-refractivity contribution in [2.24, 2.45) is 0 Å². The van der Waals surface area contributed by atoms with E-state index < -0.39 is 6.10 Å². The topological polar surface area (TPSA) is 85.4 Å². The van der Waals surface area contributed by atoms with Gasteiger partial charge in [0, 0.05) is 12.8 Å². The Morgan fingerprint density at radius 1 is 0.628 bits per heavy atom. The molecular weight excluding hydrogens is 540 g/mol. The number of unbranched alkanes of at least 4 members (excludes halogenated alkanes) is 13. The van der Waals surface area contributed by atoms with Crippen LogP contribution in [0.5, 0.6) is 0 Å². The fourth-order valence-corrected chi connectivity index (χ4v) is 4.99. The number of carbonyl (C=O) groups excluding carboxylic acids is 2. The Balaban J connectivity index is 1.88. The first kappa shape index (κ1) is 39.1. The second-order valence-electron chi connectivity index (χ2n) is 12.0. The number of ether oxygens (including phenoxy) is 3. The molecule has 0 aromatic heterocycles. The van der Waals surface area contributed by atoms with Gasteiger partial charge in [0.2, 0.25) is 0 Å². The van der Waals surface area contributed by atoms with Crippen molar-refractivity contribution in [1.29, 1.82) is 0 Å². The van der Waals surface area contributed by atoms with Gasteiger partial charge in [-0.3, -0.25) is 9.59 Å². The lowest BCUT2D eigenvalue weighted by atomic mass is 10.1. The summed E-state index contributed by atoms with van der Waals surface area (Å²) in [6, 6.07) is 0. The summed E-state index contributed by atoms with van der Waals surface area (Å²) < 4.78 is 16.0. The van der Waals surface area contributed by atoms with E-state index in [2.05, 4.69) is 50.3 Å². The number of carbonyl (C=O) groups is 2. The van der Waals surface area contributed by atoms with Gasteiger partial charge in [0.15, 0.2) is 0 Å². The van der Waals surface area contributed by atoms with E-state index in [0.29, 0.717) is 31.5 Å². The number of esters is 2. The van der Waals surface area contributed by atoms with E-state index in [1.54, 1.807) is 0 Å². The summed E-state index contributed by atoms with van der Waals surface area (Å²) in [5, 5.41) is 9.96. The molecule has 0 bridgehead atoms. The highest BCUT2D eigenvalue weighted by molar-refractivity contribution is 5.69. The van der Waals surface area contributed by atoms with E-state index >= 15 is 0 Å². The summed E-state index contributed by atoms with van der Waals surface area (Å²) in [5.74, 6) is -0.635. The number of hydrogen-bond acceptors (Lipinski definition) is 6. The number of aliphatic hydroxyl groups is 1. The maximum absolute atomic E-state index is 11.9. The zero-order chi connectivity index (χ0) is 31.2. The molecule has 1 aliphatic heterocycles. The van der Waals surface area contributed by atoms with Gasteiger partial charge in [-0.05, 0) is 44.9 Å². The van der Waals surface area contributed by atoms with Crippen LogP contribution < -0.4 is 0 Å². The average Bonchev–Trinajstić information content (AvgIpc) is 3.76. The normalized spacial score (nSPS) is 17.3. The molecule has 6 nitrogen and oxygen atoms in total. The lowest BCUT2D eigenvalue weighted by Crippen LogP contribution is -2.25. The van der Waals surface area contributed by atoms with Crippen LogP contribution in [0.4, 0.5) is 0 Å². The molecular formula is C37H64O6. The third-order valence-corrected chi connectivity index (χ3v) is 7.80. The molecule has 248 valence electrons. The minimum absolute atomic E-state index is 0.134. The molecule has 3 atom stereocenters. The van der Waals surface area contributed by atoms with Gasteiger partial charge < -0.3 is 19.3 Å². The van der Waals surface area contributed by atoms with E-state index in [1.807, 2.05) is 0 Å². The van der Waals surface area contributed by atoms with E-state index in [1.165, 1.54) is 77.0 Å². The van der Waals surface area contributed by atoms with Crippen LogP contribution in [0.2, 0.25) is 0 Å². The number of rotatable bonds is 30. The van der Waals surface area contributed by atoms with Gasteiger partial charge in [-0.15, -0.1) is 0 Å². The highest BCUT2D eigenvalue weighted by Crippen LogP contribution is 2.30. The van der Waals surface area contributed by atoms with E-state index in [9.17, 15) is 14.7 Å². The number of epoxide rings is 1.